The third-order valence-electron chi connectivity index (χ3n) is 5.08. The number of aromatic amines is 1. The second kappa shape index (κ2) is 7.64. The fourth-order valence-corrected chi connectivity index (χ4v) is 3.47. The molecule has 7 nitrogen and oxygen atoms in total. The zero-order valence-corrected chi connectivity index (χ0v) is 15.2. The number of benzene rings is 2. The van der Waals surface area contributed by atoms with Crippen LogP contribution in [0.4, 0.5) is 0 Å². The van der Waals surface area contributed by atoms with Gasteiger partial charge in [-0.15, -0.1) is 0 Å². The second-order valence-electron chi connectivity index (χ2n) is 6.86. The van der Waals surface area contributed by atoms with E-state index in [-0.39, 0.29) is 17.4 Å². The van der Waals surface area contributed by atoms with Gasteiger partial charge in [0.2, 0.25) is 0 Å². The Morgan fingerprint density at radius 2 is 1.61 bits per heavy atom. The Morgan fingerprint density at radius 3 is 2.25 bits per heavy atom. The van der Waals surface area contributed by atoms with E-state index in [1.165, 1.54) is 12.1 Å². The van der Waals surface area contributed by atoms with E-state index >= 15 is 0 Å². The fraction of sp³-hybridized carbons (Fsp3) is 0.238. The minimum atomic E-state index is -0.998. The van der Waals surface area contributed by atoms with Crippen molar-refractivity contribution < 1.29 is 14.7 Å². The van der Waals surface area contributed by atoms with Crippen LogP contribution in [0.25, 0.3) is 11.4 Å². The van der Waals surface area contributed by atoms with E-state index in [0.717, 1.165) is 24.2 Å². The molecule has 1 amide bonds. The maximum absolute atomic E-state index is 12.7. The molecule has 1 aromatic heterocycles. The van der Waals surface area contributed by atoms with Crippen LogP contribution in [-0.2, 0) is 0 Å². The Kier molecular flexibility index (Phi) is 4.89. The number of amides is 1. The summed E-state index contributed by atoms with van der Waals surface area (Å²) in [5.41, 5.74) is 1.66. The number of H-pyrrole nitrogens is 1. The molecule has 0 aliphatic carbocycles. The van der Waals surface area contributed by atoms with Gasteiger partial charge >= 0.3 is 5.97 Å². The molecule has 0 unspecified atom stereocenters. The molecule has 0 atom stereocenters. The molecule has 7 heteroatoms. The van der Waals surface area contributed by atoms with Crippen LogP contribution in [0, 0.1) is 0 Å². The molecule has 2 heterocycles. The highest BCUT2D eigenvalue weighted by Crippen LogP contribution is 2.27. The number of nitrogens with zero attached hydrogens (tertiary/aromatic N) is 3. The normalized spacial score (nSPS) is 14.8. The molecule has 0 radical (unpaired) electrons. The van der Waals surface area contributed by atoms with Gasteiger partial charge < -0.3 is 10.0 Å². The Morgan fingerprint density at radius 1 is 0.964 bits per heavy atom. The van der Waals surface area contributed by atoms with Gasteiger partial charge in [-0.25, -0.2) is 9.78 Å². The van der Waals surface area contributed by atoms with Crippen molar-refractivity contribution in [1.29, 1.82) is 0 Å². The quantitative estimate of drug-likeness (QED) is 0.728. The lowest BCUT2D eigenvalue weighted by Crippen LogP contribution is -2.38. The SMILES string of the molecule is O=C(O)c1ccc(C(=O)N2CCC(c3nc(-c4ccccc4)n[nH]3)CC2)cc1. The molecule has 0 saturated carbocycles. The minimum absolute atomic E-state index is 0.0714. The van der Waals surface area contributed by atoms with Crippen LogP contribution in [0.2, 0.25) is 0 Å². The van der Waals surface area contributed by atoms with Crippen LogP contribution in [0.1, 0.15) is 45.3 Å². The molecule has 1 aliphatic heterocycles. The average Bonchev–Trinajstić information content (AvgIpc) is 3.24. The second-order valence-corrected chi connectivity index (χ2v) is 6.86. The Labute approximate surface area is 162 Å². The number of hydrogen-bond donors (Lipinski definition) is 2. The predicted molar refractivity (Wildman–Crippen MR) is 103 cm³/mol. The van der Waals surface area contributed by atoms with Gasteiger partial charge in [0, 0.05) is 30.1 Å². The van der Waals surface area contributed by atoms with E-state index in [4.69, 9.17) is 5.11 Å². The number of rotatable bonds is 4. The van der Waals surface area contributed by atoms with Gasteiger partial charge in [-0.05, 0) is 37.1 Å². The van der Waals surface area contributed by atoms with Crippen molar-refractivity contribution in [2.24, 2.45) is 0 Å². The number of carbonyl (C=O) groups excluding carboxylic acids is 1. The van der Waals surface area contributed by atoms with Crippen molar-refractivity contribution in [1.82, 2.24) is 20.1 Å². The molecular weight excluding hydrogens is 356 g/mol. The highest BCUT2D eigenvalue weighted by molar-refractivity contribution is 5.96. The number of carboxylic acid groups (broad SMARTS) is 1. The molecule has 0 spiro atoms. The van der Waals surface area contributed by atoms with Crippen LogP contribution in [-0.4, -0.2) is 50.2 Å². The lowest BCUT2D eigenvalue weighted by Gasteiger charge is -2.31. The molecular formula is C21H20N4O3. The largest absolute Gasteiger partial charge is 0.478 e. The molecule has 0 bridgehead atoms. The van der Waals surface area contributed by atoms with Crippen molar-refractivity contribution in [2.45, 2.75) is 18.8 Å². The van der Waals surface area contributed by atoms with Crippen molar-refractivity contribution >= 4 is 11.9 Å². The number of piperidine rings is 1. The summed E-state index contributed by atoms with van der Waals surface area (Å²) in [6, 6.07) is 15.9. The monoisotopic (exact) mass is 376 g/mol. The summed E-state index contributed by atoms with van der Waals surface area (Å²) in [5.74, 6) is 0.715. The van der Waals surface area contributed by atoms with Crippen LogP contribution in [0.3, 0.4) is 0 Å². The average molecular weight is 376 g/mol. The van der Waals surface area contributed by atoms with E-state index < -0.39 is 5.97 Å². The van der Waals surface area contributed by atoms with Gasteiger partial charge in [-0.1, -0.05) is 30.3 Å². The molecule has 2 aromatic carbocycles. The summed E-state index contributed by atoms with van der Waals surface area (Å²) in [4.78, 5) is 30.0. The highest BCUT2D eigenvalue weighted by Gasteiger charge is 2.26. The molecule has 1 fully saturated rings. The van der Waals surface area contributed by atoms with Crippen molar-refractivity contribution in [3.05, 3.63) is 71.5 Å². The first-order valence-electron chi connectivity index (χ1n) is 9.22. The first-order chi connectivity index (χ1) is 13.6. The lowest BCUT2D eigenvalue weighted by molar-refractivity contribution is 0.0688. The van der Waals surface area contributed by atoms with Crippen molar-refractivity contribution in [3.63, 3.8) is 0 Å². The summed E-state index contributed by atoms with van der Waals surface area (Å²) in [5, 5.41) is 16.3. The predicted octanol–water partition coefficient (Wildman–Crippen LogP) is 3.19. The van der Waals surface area contributed by atoms with E-state index in [2.05, 4.69) is 15.2 Å². The van der Waals surface area contributed by atoms with Crippen molar-refractivity contribution in [3.8, 4) is 11.4 Å². The molecule has 1 aliphatic rings. The summed E-state index contributed by atoms with van der Waals surface area (Å²) in [6.45, 7) is 1.26. The van der Waals surface area contributed by atoms with Crippen molar-refractivity contribution in [2.75, 3.05) is 13.1 Å². The first-order valence-corrected chi connectivity index (χ1v) is 9.22. The fourth-order valence-electron chi connectivity index (χ4n) is 3.47. The van der Waals surface area contributed by atoms with Gasteiger partial charge in [0.25, 0.3) is 5.91 Å². The minimum Gasteiger partial charge on any atom is -0.478 e. The topological polar surface area (TPSA) is 99.2 Å². The number of nitrogens with one attached hydrogen (secondary N) is 1. The molecule has 2 N–H and O–H groups in total. The Balaban J connectivity index is 1.39. The standard InChI is InChI=1S/C21H20N4O3/c26-20(16-6-8-17(9-7-16)21(27)28)25-12-10-15(11-13-25)19-22-18(23-24-19)14-4-2-1-3-5-14/h1-9,15H,10-13H2,(H,27,28)(H,22,23,24). The van der Waals surface area contributed by atoms with Crippen LogP contribution >= 0.6 is 0 Å². The lowest BCUT2D eigenvalue weighted by atomic mass is 9.95. The zero-order valence-electron chi connectivity index (χ0n) is 15.2. The molecule has 1 saturated heterocycles. The van der Waals surface area contributed by atoms with Crippen LogP contribution < -0.4 is 0 Å². The summed E-state index contributed by atoms with van der Waals surface area (Å²) in [7, 11) is 0. The highest BCUT2D eigenvalue weighted by atomic mass is 16.4. The third-order valence-corrected chi connectivity index (χ3v) is 5.08. The number of aromatic carboxylic acids is 1. The molecule has 142 valence electrons. The maximum Gasteiger partial charge on any atom is 0.335 e. The number of carboxylic acids is 1. The van der Waals surface area contributed by atoms with Gasteiger partial charge in [0.1, 0.15) is 5.82 Å². The molecule has 4 rings (SSSR count). The summed E-state index contributed by atoms with van der Waals surface area (Å²) < 4.78 is 0. The van der Waals surface area contributed by atoms with E-state index in [9.17, 15) is 9.59 Å². The van der Waals surface area contributed by atoms with Crippen LogP contribution in [0.15, 0.2) is 54.6 Å². The van der Waals surface area contributed by atoms with E-state index in [0.29, 0.717) is 24.5 Å². The summed E-state index contributed by atoms with van der Waals surface area (Å²) >= 11 is 0. The Bertz CT molecular complexity index is 974. The van der Waals surface area contributed by atoms with Gasteiger partial charge in [0.15, 0.2) is 5.82 Å². The van der Waals surface area contributed by atoms with Gasteiger partial charge in [-0.2, -0.15) is 5.10 Å². The maximum atomic E-state index is 12.7. The molecule has 28 heavy (non-hydrogen) atoms. The smallest absolute Gasteiger partial charge is 0.335 e. The number of carbonyl (C=O) groups is 2. The number of hydrogen-bond acceptors (Lipinski definition) is 4. The van der Waals surface area contributed by atoms with E-state index in [1.807, 2.05) is 30.3 Å². The third kappa shape index (κ3) is 3.64. The Hall–Kier alpha value is -3.48. The zero-order chi connectivity index (χ0) is 19.5. The number of likely N-dealkylation sites (tertiary alicyclic amines) is 1. The summed E-state index contributed by atoms with van der Waals surface area (Å²) in [6.07, 6.45) is 1.62. The van der Waals surface area contributed by atoms with Crippen LogP contribution in [0.5, 0.6) is 0 Å². The van der Waals surface area contributed by atoms with Gasteiger partial charge in [-0.3, -0.25) is 9.89 Å². The number of aromatic nitrogens is 3. The first kappa shape index (κ1) is 17.9. The van der Waals surface area contributed by atoms with Gasteiger partial charge in [0.05, 0.1) is 5.56 Å². The molecule has 3 aromatic rings. The van der Waals surface area contributed by atoms with E-state index in [1.54, 1.807) is 17.0 Å².